The van der Waals surface area contributed by atoms with E-state index in [1.807, 2.05) is 17.0 Å². The Balaban J connectivity index is 1.33. The minimum atomic E-state index is -4.51. The number of aromatic nitrogens is 2. The SMILES string of the molecule is Cc1ccccc1CN1CCN(C(=O)CCn2nc(C(F)(F)F)c(Br)c2C2CC2)CC1. The Morgan fingerprint density at radius 2 is 1.84 bits per heavy atom. The van der Waals surface area contributed by atoms with E-state index < -0.39 is 11.9 Å². The molecule has 0 unspecified atom stereocenters. The Morgan fingerprint density at radius 1 is 1.16 bits per heavy atom. The largest absolute Gasteiger partial charge is 0.436 e. The number of amides is 1. The number of hydrogen-bond donors (Lipinski definition) is 0. The van der Waals surface area contributed by atoms with E-state index in [2.05, 4.69) is 45.0 Å². The van der Waals surface area contributed by atoms with Crippen molar-refractivity contribution in [1.29, 1.82) is 0 Å². The molecule has 0 radical (unpaired) electrons. The van der Waals surface area contributed by atoms with Crippen LogP contribution in [0.2, 0.25) is 0 Å². The van der Waals surface area contributed by atoms with Crippen molar-refractivity contribution in [3.63, 3.8) is 0 Å². The molecule has 2 heterocycles. The summed E-state index contributed by atoms with van der Waals surface area (Å²) in [7, 11) is 0. The first-order valence-electron chi connectivity index (χ1n) is 10.6. The molecular weight excluding hydrogens is 473 g/mol. The standard InChI is InChI=1S/C22H26BrF3N4O/c1-15-4-2-3-5-17(15)14-28-10-12-29(13-11-28)18(31)8-9-30-20(16-6-7-16)19(23)21(27-30)22(24,25)26/h2-5,16H,6-14H2,1H3. The van der Waals surface area contributed by atoms with E-state index in [-0.39, 0.29) is 29.3 Å². The molecule has 0 N–H and O–H groups in total. The molecule has 1 amide bonds. The third-order valence-corrected chi connectivity index (χ3v) is 6.86. The maximum Gasteiger partial charge on any atom is 0.436 e. The lowest BCUT2D eigenvalue weighted by molar-refractivity contribution is -0.142. The molecular formula is C22H26BrF3N4O. The summed E-state index contributed by atoms with van der Waals surface area (Å²) in [6, 6.07) is 8.29. The minimum Gasteiger partial charge on any atom is -0.340 e. The van der Waals surface area contributed by atoms with Crippen molar-refractivity contribution in [2.45, 2.75) is 51.4 Å². The van der Waals surface area contributed by atoms with E-state index in [0.29, 0.717) is 18.8 Å². The number of aryl methyl sites for hydroxylation is 2. The second-order valence-electron chi connectivity index (χ2n) is 8.38. The lowest BCUT2D eigenvalue weighted by atomic mass is 10.1. The first kappa shape index (κ1) is 22.3. The van der Waals surface area contributed by atoms with Crippen LogP contribution in [0.4, 0.5) is 13.2 Å². The van der Waals surface area contributed by atoms with Crippen LogP contribution in [0.1, 0.15) is 47.7 Å². The second kappa shape index (κ2) is 8.94. The fourth-order valence-corrected chi connectivity index (χ4v) is 4.93. The van der Waals surface area contributed by atoms with Crippen LogP contribution in [0.25, 0.3) is 0 Å². The summed E-state index contributed by atoms with van der Waals surface area (Å²) in [5.41, 5.74) is 2.23. The van der Waals surface area contributed by atoms with Crippen molar-refractivity contribution in [1.82, 2.24) is 19.6 Å². The molecule has 1 aliphatic heterocycles. The van der Waals surface area contributed by atoms with Gasteiger partial charge in [0.2, 0.25) is 5.91 Å². The Labute approximate surface area is 188 Å². The molecule has 0 spiro atoms. The first-order chi connectivity index (χ1) is 14.7. The Morgan fingerprint density at radius 3 is 2.45 bits per heavy atom. The molecule has 0 atom stereocenters. The van der Waals surface area contributed by atoms with E-state index in [4.69, 9.17) is 0 Å². The van der Waals surface area contributed by atoms with Crippen LogP contribution in [0.3, 0.4) is 0 Å². The van der Waals surface area contributed by atoms with Gasteiger partial charge in [0.15, 0.2) is 5.69 Å². The summed E-state index contributed by atoms with van der Waals surface area (Å²) in [4.78, 5) is 16.9. The summed E-state index contributed by atoms with van der Waals surface area (Å²) in [5, 5.41) is 3.79. The van der Waals surface area contributed by atoms with Gasteiger partial charge in [0.05, 0.1) is 16.7 Å². The van der Waals surface area contributed by atoms with Gasteiger partial charge in [-0.1, -0.05) is 24.3 Å². The maximum atomic E-state index is 13.2. The van der Waals surface area contributed by atoms with Crippen molar-refractivity contribution in [2.75, 3.05) is 26.2 Å². The van der Waals surface area contributed by atoms with Crippen LogP contribution in [0, 0.1) is 6.92 Å². The average molecular weight is 499 g/mol. The van der Waals surface area contributed by atoms with Gasteiger partial charge in [0, 0.05) is 45.1 Å². The third-order valence-electron chi connectivity index (χ3n) is 6.08. The smallest absolute Gasteiger partial charge is 0.340 e. The van der Waals surface area contributed by atoms with Crippen LogP contribution in [0.5, 0.6) is 0 Å². The topological polar surface area (TPSA) is 41.4 Å². The van der Waals surface area contributed by atoms with Crippen LogP contribution in [0.15, 0.2) is 28.7 Å². The molecule has 2 aromatic rings. The Hall–Kier alpha value is -1.87. The number of carbonyl (C=O) groups excluding carboxylic acids is 1. The number of carbonyl (C=O) groups is 1. The number of alkyl halides is 3. The highest BCUT2D eigenvalue weighted by Gasteiger charge is 2.41. The molecule has 1 aromatic heterocycles. The molecule has 4 rings (SSSR count). The Bertz CT molecular complexity index is 947. The minimum absolute atomic E-state index is 0.0276. The molecule has 9 heteroatoms. The van der Waals surface area contributed by atoms with Crippen LogP contribution in [-0.2, 0) is 24.1 Å². The highest BCUT2D eigenvalue weighted by Crippen LogP contribution is 2.47. The molecule has 1 saturated heterocycles. The normalized spacial score (nSPS) is 17.9. The van der Waals surface area contributed by atoms with E-state index >= 15 is 0 Å². The molecule has 2 fully saturated rings. The number of hydrogen-bond acceptors (Lipinski definition) is 3. The molecule has 1 saturated carbocycles. The summed E-state index contributed by atoms with van der Waals surface area (Å²) < 4.78 is 41.2. The summed E-state index contributed by atoms with van der Waals surface area (Å²) >= 11 is 3.10. The van der Waals surface area contributed by atoms with Crippen molar-refractivity contribution in [3.8, 4) is 0 Å². The summed E-state index contributed by atoms with van der Waals surface area (Å²) in [6.07, 6.45) is -2.63. The van der Waals surface area contributed by atoms with Crippen molar-refractivity contribution in [2.24, 2.45) is 0 Å². The lowest BCUT2D eigenvalue weighted by Gasteiger charge is -2.35. The van der Waals surface area contributed by atoms with Crippen molar-refractivity contribution < 1.29 is 18.0 Å². The number of piperazine rings is 1. The number of nitrogens with zero attached hydrogens (tertiary/aromatic N) is 4. The van der Waals surface area contributed by atoms with Gasteiger partial charge in [-0.05, 0) is 46.8 Å². The fourth-order valence-electron chi connectivity index (χ4n) is 4.09. The zero-order valence-corrected chi connectivity index (χ0v) is 19.0. The summed E-state index contributed by atoms with van der Waals surface area (Å²) in [5.74, 6) is 0.0653. The predicted octanol–water partition coefficient (Wildman–Crippen LogP) is 4.58. The molecule has 168 valence electrons. The van der Waals surface area contributed by atoms with Gasteiger partial charge < -0.3 is 4.90 Å². The number of rotatable bonds is 6. The second-order valence-corrected chi connectivity index (χ2v) is 9.17. The molecule has 5 nitrogen and oxygen atoms in total. The highest BCUT2D eigenvalue weighted by atomic mass is 79.9. The zero-order valence-electron chi connectivity index (χ0n) is 17.5. The Kier molecular flexibility index (Phi) is 6.44. The van der Waals surface area contributed by atoms with E-state index in [9.17, 15) is 18.0 Å². The lowest BCUT2D eigenvalue weighted by Crippen LogP contribution is -2.48. The maximum absolute atomic E-state index is 13.2. The zero-order chi connectivity index (χ0) is 22.2. The molecule has 31 heavy (non-hydrogen) atoms. The summed E-state index contributed by atoms with van der Waals surface area (Å²) in [6.45, 7) is 5.98. The quantitative estimate of drug-likeness (QED) is 0.585. The van der Waals surface area contributed by atoms with Crippen LogP contribution in [-0.4, -0.2) is 51.7 Å². The molecule has 2 aliphatic rings. The van der Waals surface area contributed by atoms with Crippen molar-refractivity contribution >= 4 is 21.8 Å². The van der Waals surface area contributed by atoms with Gasteiger partial charge >= 0.3 is 6.18 Å². The molecule has 1 aliphatic carbocycles. The van der Waals surface area contributed by atoms with Gasteiger partial charge in [-0.25, -0.2) is 0 Å². The van der Waals surface area contributed by atoms with E-state index in [1.54, 1.807) is 0 Å². The monoisotopic (exact) mass is 498 g/mol. The first-order valence-corrected chi connectivity index (χ1v) is 11.4. The van der Waals surface area contributed by atoms with E-state index in [0.717, 1.165) is 32.5 Å². The number of halogens is 4. The molecule has 0 bridgehead atoms. The van der Waals surface area contributed by atoms with Gasteiger partial charge in [-0.15, -0.1) is 0 Å². The number of benzene rings is 1. The van der Waals surface area contributed by atoms with Gasteiger partial charge in [0.25, 0.3) is 0 Å². The predicted molar refractivity (Wildman–Crippen MR) is 115 cm³/mol. The van der Waals surface area contributed by atoms with E-state index in [1.165, 1.54) is 15.8 Å². The fraction of sp³-hybridized carbons (Fsp3) is 0.545. The highest BCUT2D eigenvalue weighted by molar-refractivity contribution is 9.10. The third kappa shape index (κ3) is 5.14. The molecule has 1 aromatic carbocycles. The van der Waals surface area contributed by atoms with Gasteiger partial charge in [-0.2, -0.15) is 18.3 Å². The van der Waals surface area contributed by atoms with Crippen LogP contribution < -0.4 is 0 Å². The van der Waals surface area contributed by atoms with Gasteiger partial charge in [-0.3, -0.25) is 14.4 Å². The van der Waals surface area contributed by atoms with Crippen LogP contribution >= 0.6 is 15.9 Å². The van der Waals surface area contributed by atoms with Gasteiger partial charge in [0.1, 0.15) is 0 Å². The average Bonchev–Trinajstić information content (AvgIpc) is 3.50. The van der Waals surface area contributed by atoms with Crippen molar-refractivity contribution in [3.05, 3.63) is 51.3 Å².